The number of imide groups is 1. The topological polar surface area (TPSA) is 89.3 Å². The molecule has 7 heteroatoms. The maximum absolute atomic E-state index is 11.7. The molecule has 0 aliphatic carbocycles. The van der Waals surface area contributed by atoms with E-state index < -0.39 is 11.1 Å². The highest BCUT2D eigenvalue weighted by Gasteiger charge is 2.25. The summed E-state index contributed by atoms with van der Waals surface area (Å²) in [7, 11) is 0. The van der Waals surface area contributed by atoms with Gasteiger partial charge in [0.25, 0.3) is 11.1 Å². The number of fused-ring (bicyclic) bond motifs is 1. The molecule has 0 radical (unpaired) electrons. The van der Waals surface area contributed by atoms with Crippen molar-refractivity contribution in [2.24, 2.45) is 0 Å². The Labute approximate surface area is 152 Å². The number of rotatable bonds is 3. The molecule has 0 unspecified atom stereocenters. The predicted octanol–water partition coefficient (Wildman–Crippen LogP) is 4.02. The largest absolute Gasteiger partial charge is 0.456 e. The van der Waals surface area contributed by atoms with E-state index in [-0.39, 0.29) is 10.7 Å². The number of hydrogen-bond acceptors (Lipinski definition) is 6. The van der Waals surface area contributed by atoms with Crippen molar-refractivity contribution >= 4 is 45.7 Å². The van der Waals surface area contributed by atoms with E-state index in [9.17, 15) is 14.4 Å². The van der Waals surface area contributed by atoms with Crippen molar-refractivity contribution < 1.29 is 18.8 Å². The zero-order valence-corrected chi connectivity index (χ0v) is 14.4. The molecule has 2 amide bonds. The number of thioether (sulfide) groups is 1. The zero-order valence-electron chi connectivity index (χ0n) is 13.6. The van der Waals surface area contributed by atoms with Crippen molar-refractivity contribution in [1.82, 2.24) is 10.3 Å². The number of nitrogens with zero attached hydrogens (tertiary/aromatic N) is 1. The van der Waals surface area contributed by atoms with Crippen molar-refractivity contribution in [1.29, 1.82) is 0 Å². The fourth-order valence-corrected chi connectivity index (χ4v) is 3.36. The summed E-state index contributed by atoms with van der Waals surface area (Å²) in [6.45, 7) is 1.52. The van der Waals surface area contributed by atoms with Crippen LogP contribution in [0.3, 0.4) is 0 Å². The Morgan fingerprint density at radius 3 is 2.62 bits per heavy atom. The highest BCUT2D eigenvalue weighted by atomic mass is 32.2. The maximum Gasteiger partial charge on any atom is 0.290 e. The molecule has 128 valence electrons. The Hall–Kier alpha value is -3.19. The molecule has 4 rings (SSSR count). The van der Waals surface area contributed by atoms with Gasteiger partial charge in [0, 0.05) is 35.0 Å². The predicted molar refractivity (Wildman–Crippen MR) is 98.6 cm³/mol. The van der Waals surface area contributed by atoms with Gasteiger partial charge in [-0.05, 0) is 30.3 Å². The number of amides is 2. The molecular weight excluding hydrogens is 352 g/mol. The van der Waals surface area contributed by atoms with Crippen molar-refractivity contribution in [3.05, 3.63) is 59.0 Å². The third kappa shape index (κ3) is 2.93. The molecule has 1 saturated heterocycles. The number of nitrogens with one attached hydrogen (secondary N) is 1. The van der Waals surface area contributed by atoms with Gasteiger partial charge in [-0.2, -0.15) is 0 Å². The SMILES string of the molecule is CC(=O)c1ccc(-c2cncc3cc(C=C4SC(=O)NC4=O)oc23)cc1. The van der Waals surface area contributed by atoms with Crippen LogP contribution in [0.15, 0.2) is 52.0 Å². The van der Waals surface area contributed by atoms with Gasteiger partial charge in [0.15, 0.2) is 5.78 Å². The molecule has 3 aromatic rings. The van der Waals surface area contributed by atoms with Gasteiger partial charge in [0.2, 0.25) is 0 Å². The normalized spacial score (nSPS) is 15.7. The van der Waals surface area contributed by atoms with Gasteiger partial charge in [-0.15, -0.1) is 0 Å². The van der Waals surface area contributed by atoms with Gasteiger partial charge in [0.05, 0.1) is 4.91 Å². The Kier molecular flexibility index (Phi) is 3.93. The van der Waals surface area contributed by atoms with Crippen LogP contribution in [0, 0.1) is 0 Å². The molecule has 3 heterocycles. The molecule has 2 aromatic heterocycles. The standard InChI is InChI=1S/C19H12N2O4S/c1-10(22)11-2-4-12(5-3-11)15-9-20-8-13-6-14(25-17(13)15)7-16-18(23)21-19(24)26-16/h2-9H,1H3,(H,21,23,24). The number of ketones is 1. The number of hydrogen-bond donors (Lipinski definition) is 1. The first-order valence-electron chi connectivity index (χ1n) is 7.75. The minimum Gasteiger partial charge on any atom is -0.456 e. The van der Waals surface area contributed by atoms with Crippen LogP contribution in [0.1, 0.15) is 23.0 Å². The summed E-state index contributed by atoms with van der Waals surface area (Å²) in [6.07, 6.45) is 4.89. The molecular formula is C19H12N2O4S. The van der Waals surface area contributed by atoms with Crippen LogP contribution in [0.2, 0.25) is 0 Å². The summed E-state index contributed by atoms with van der Waals surface area (Å²) in [5.74, 6) is 0.0299. The van der Waals surface area contributed by atoms with Crippen LogP contribution in [0.5, 0.6) is 0 Å². The monoisotopic (exact) mass is 364 g/mol. The van der Waals surface area contributed by atoms with E-state index in [0.29, 0.717) is 16.9 Å². The van der Waals surface area contributed by atoms with Crippen molar-refractivity contribution in [2.45, 2.75) is 6.92 Å². The van der Waals surface area contributed by atoms with E-state index in [1.807, 2.05) is 12.1 Å². The lowest BCUT2D eigenvalue weighted by molar-refractivity contribution is -0.115. The fraction of sp³-hybridized carbons (Fsp3) is 0.0526. The number of furan rings is 1. The first-order chi connectivity index (χ1) is 12.5. The summed E-state index contributed by atoms with van der Waals surface area (Å²) in [5.41, 5.74) is 2.90. The second-order valence-electron chi connectivity index (χ2n) is 5.74. The third-order valence-corrected chi connectivity index (χ3v) is 4.77. The maximum atomic E-state index is 11.7. The van der Waals surface area contributed by atoms with Gasteiger partial charge in [-0.3, -0.25) is 24.7 Å². The van der Waals surface area contributed by atoms with Gasteiger partial charge < -0.3 is 4.42 Å². The van der Waals surface area contributed by atoms with Gasteiger partial charge in [-0.25, -0.2) is 0 Å². The highest BCUT2D eigenvalue weighted by Crippen LogP contribution is 2.32. The Balaban J connectivity index is 1.76. The number of carbonyl (C=O) groups is 3. The first kappa shape index (κ1) is 16.3. The van der Waals surface area contributed by atoms with Crippen LogP contribution in [0.25, 0.3) is 28.2 Å². The minimum atomic E-state index is -0.432. The van der Waals surface area contributed by atoms with Crippen LogP contribution in [-0.4, -0.2) is 21.9 Å². The summed E-state index contributed by atoms with van der Waals surface area (Å²) < 4.78 is 5.89. The molecule has 1 N–H and O–H groups in total. The summed E-state index contributed by atoms with van der Waals surface area (Å²) in [5, 5.41) is 2.59. The zero-order chi connectivity index (χ0) is 18.3. The van der Waals surface area contributed by atoms with E-state index in [4.69, 9.17) is 4.42 Å². The lowest BCUT2D eigenvalue weighted by atomic mass is 10.0. The van der Waals surface area contributed by atoms with Crippen molar-refractivity contribution in [3.8, 4) is 11.1 Å². The average molecular weight is 364 g/mol. The quantitative estimate of drug-likeness (QED) is 0.558. The fourth-order valence-electron chi connectivity index (χ4n) is 2.69. The van der Waals surface area contributed by atoms with E-state index in [2.05, 4.69) is 10.3 Å². The molecule has 1 aliphatic rings. The van der Waals surface area contributed by atoms with E-state index in [0.717, 1.165) is 28.3 Å². The number of Topliss-reactive ketones (excluding diaryl/α,β-unsaturated/α-hetero) is 1. The van der Waals surface area contributed by atoms with Gasteiger partial charge >= 0.3 is 0 Å². The Bertz CT molecular complexity index is 1100. The Morgan fingerprint density at radius 1 is 1.19 bits per heavy atom. The molecule has 0 atom stereocenters. The molecule has 1 aliphatic heterocycles. The lowest BCUT2D eigenvalue weighted by Gasteiger charge is -2.03. The smallest absolute Gasteiger partial charge is 0.290 e. The third-order valence-electron chi connectivity index (χ3n) is 3.96. The van der Waals surface area contributed by atoms with Gasteiger partial charge in [0.1, 0.15) is 11.3 Å². The van der Waals surface area contributed by atoms with Crippen molar-refractivity contribution in [3.63, 3.8) is 0 Å². The Morgan fingerprint density at radius 2 is 1.96 bits per heavy atom. The van der Waals surface area contributed by atoms with Gasteiger partial charge in [-0.1, -0.05) is 24.3 Å². The molecule has 1 fully saturated rings. The van der Waals surface area contributed by atoms with Crippen LogP contribution >= 0.6 is 11.8 Å². The number of carbonyl (C=O) groups excluding carboxylic acids is 3. The molecule has 0 saturated carbocycles. The van der Waals surface area contributed by atoms with E-state index in [1.165, 1.54) is 13.0 Å². The summed E-state index contributed by atoms with van der Waals surface area (Å²) in [6, 6.07) is 8.96. The second-order valence-corrected chi connectivity index (χ2v) is 6.75. The summed E-state index contributed by atoms with van der Waals surface area (Å²) >= 11 is 0.837. The molecule has 1 aromatic carbocycles. The molecule has 0 bridgehead atoms. The molecule has 0 spiro atoms. The molecule has 26 heavy (non-hydrogen) atoms. The average Bonchev–Trinajstić information content (AvgIpc) is 3.17. The van der Waals surface area contributed by atoms with Crippen LogP contribution < -0.4 is 5.32 Å². The van der Waals surface area contributed by atoms with E-state index >= 15 is 0 Å². The number of pyridine rings is 1. The minimum absolute atomic E-state index is 0.00156. The second kappa shape index (κ2) is 6.27. The number of benzene rings is 1. The van der Waals surface area contributed by atoms with Crippen LogP contribution in [0.4, 0.5) is 4.79 Å². The highest BCUT2D eigenvalue weighted by molar-refractivity contribution is 8.18. The first-order valence-corrected chi connectivity index (χ1v) is 8.57. The van der Waals surface area contributed by atoms with E-state index in [1.54, 1.807) is 30.6 Å². The number of aromatic nitrogens is 1. The van der Waals surface area contributed by atoms with Crippen molar-refractivity contribution in [2.75, 3.05) is 0 Å². The lowest BCUT2D eigenvalue weighted by Crippen LogP contribution is -2.17. The molecule has 6 nitrogen and oxygen atoms in total. The summed E-state index contributed by atoms with van der Waals surface area (Å²) in [4.78, 5) is 38.9. The van der Waals surface area contributed by atoms with Crippen LogP contribution in [-0.2, 0) is 4.79 Å².